The Morgan fingerprint density at radius 2 is 1.75 bits per heavy atom. The highest BCUT2D eigenvalue weighted by Gasteiger charge is 2.21. The van der Waals surface area contributed by atoms with Crippen molar-refractivity contribution in [2.45, 2.75) is 13.0 Å². The van der Waals surface area contributed by atoms with Gasteiger partial charge in [-0.25, -0.2) is 9.50 Å². The molecule has 2 aromatic heterocycles. The van der Waals surface area contributed by atoms with Gasteiger partial charge in [0.15, 0.2) is 0 Å². The second kappa shape index (κ2) is 7.48. The molecule has 28 heavy (non-hydrogen) atoms. The van der Waals surface area contributed by atoms with E-state index in [-0.39, 0.29) is 17.8 Å². The Labute approximate surface area is 162 Å². The van der Waals surface area contributed by atoms with Crippen LogP contribution in [0.4, 0.5) is 0 Å². The maximum absolute atomic E-state index is 12.9. The smallest absolute Gasteiger partial charge is 0.291 e. The van der Waals surface area contributed by atoms with Crippen LogP contribution in [0.2, 0.25) is 0 Å². The van der Waals surface area contributed by atoms with Gasteiger partial charge in [-0.05, 0) is 36.2 Å². The van der Waals surface area contributed by atoms with Crippen LogP contribution < -0.4 is 10.1 Å². The van der Waals surface area contributed by atoms with Crippen molar-refractivity contribution in [3.8, 4) is 5.75 Å². The third-order valence-electron chi connectivity index (χ3n) is 4.49. The van der Waals surface area contributed by atoms with E-state index in [0.717, 1.165) is 22.6 Å². The number of methoxy groups -OCH3 is 1. The van der Waals surface area contributed by atoms with Crippen molar-refractivity contribution in [2.24, 2.45) is 0 Å². The monoisotopic (exact) mass is 373 g/mol. The van der Waals surface area contributed by atoms with Crippen molar-refractivity contribution in [1.29, 1.82) is 0 Å². The van der Waals surface area contributed by atoms with Gasteiger partial charge in [0.25, 0.3) is 11.7 Å². The molecule has 7 nitrogen and oxygen atoms in total. The van der Waals surface area contributed by atoms with E-state index in [9.17, 15) is 4.79 Å². The first-order valence-electron chi connectivity index (χ1n) is 8.84. The van der Waals surface area contributed by atoms with Crippen LogP contribution in [0.15, 0.2) is 66.9 Å². The fraction of sp³-hybridized carbons (Fsp3) is 0.143. The van der Waals surface area contributed by atoms with Crippen LogP contribution in [-0.4, -0.2) is 32.6 Å². The quantitative estimate of drug-likeness (QED) is 0.582. The van der Waals surface area contributed by atoms with E-state index in [0.29, 0.717) is 5.78 Å². The summed E-state index contributed by atoms with van der Waals surface area (Å²) in [5, 5.41) is 7.33. The SMILES string of the molecule is COc1ccc(C(NC(=O)c2nc3nccc(C)n3n2)c2ccccc2)cc1. The summed E-state index contributed by atoms with van der Waals surface area (Å²) in [6.45, 7) is 1.88. The summed E-state index contributed by atoms with van der Waals surface area (Å²) in [7, 11) is 1.62. The first kappa shape index (κ1) is 17.7. The molecule has 1 N–H and O–H groups in total. The number of aromatic nitrogens is 4. The van der Waals surface area contributed by atoms with Crippen molar-refractivity contribution >= 4 is 11.7 Å². The highest BCUT2D eigenvalue weighted by atomic mass is 16.5. The summed E-state index contributed by atoms with van der Waals surface area (Å²) in [5.74, 6) is 0.863. The Morgan fingerprint density at radius 1 is 1.04 bits per heavy atom. The topological polar surface area (TPSA) is 81.4 Å². The number of carbonyl (C=O) groups excluding carboxylic acids is 1. The maximum Gasteiger partial charge on any atom is 0.291 e. The van der Waals surface area contributed by atoms with Gasteiger partial charge >= 0.3 is 0 Å². The van der Waals surface area contributed by atoms with Crippen molar-refractivity contribution < 1.29 is 9.53 Å². The number of nitrogens with one attached hydrogen (secondary N) is 1. The Balaban J connectivity index is 1.68. The second-order valence-electron chi connectivity index (χ2n) is 6.32. The van der Waals surface area contributed by atoms with Gasteiger partial charge in [0.1, 0.15) is 5.75 Å². The molecular weight excluding hydrogens is 354 g/mol. The molecule has 0 fully saturated rings. The van der Waals surface area contributed by atoms with Gasteiger partial charge in [-0.3, -0.25) is 4.79 Å². The van der Waals surface area contributed by atoms with E-state index in [1.165, 1.54) is 0 Å². The van der Waals surface area contributed by atoms with Crippen molar-refractivity contribution in [3.63, 3.8) is 0 Å². The lowest BCUT2D eigenvalue weighted by Gasteiger charge is -2.19. The van der Waals surface area contributed by atoms with E-state index in [2.05, 4.69) is 20.4 Å². The number of rotatable bonds is 5. The zero-order valence-corrected chi connectivity index (χ0v) is 15.5. The summed E-state index contributed by atoms with van der Waals surface area (Å²) in [6.07, 6.45) is 1.64. The Hall–Kier alpha value is -3.74. The molecule has 0 spiro atoms. The van der Waals surface area contributed by atoms with Crippen LogP contribution in [0.3, 0.4) is 0 Å². The van der Waals surface area contributed by atoms with E-state index in [4.69, 9.17) is 4.74 Å². The lowest BCUT2D eigenvalue weighted by Crippen LogP contribution is -2.30. The molecule has 0 aliphatic heterocycles. The molecule has 2 heterocycles. The van der Waals surface area contributed by atoms with Crippen LogP contribution in [0.25, 0.3) is 5.78 Å². The molecule has 2 aromatic carbocycles. The van der Waals surface area contributed by atoms with Crippen LogP contribution >= 0.6 is 0 Å². The fourth-order valence-electron chi connectivity index (χ4n) is 3.00. The normalized spacial score (nSPS) is 11.9. The van der Waals surface area contributed by atoms with E-state index < -0.39 is 0 Å². The van der Waals surface area contributed by atoms with E-state index >= 15 is 0 Å². The summed E-state index contributed by atoms with van der Waals surface area (Å²) in [6, 6.07) is 18.8. The molecule has 0 bridgehead atoms. The van der Waals surface area contributed by atoms with Crippen LogP contribution in [-0.2, 0) is 0 Å². The largest absolute Gasteiger partial charge is 0.497 e. The minimum Gasteiger partial charge on any atom is -0.497 e. The lowest BCUT2D eigenvalue weighted by molar-refractivity contribution is 0.0932. The van der Waals surface area contributed by atoms with Crippen LogP contribution in [0.5, 0.6) is 5.75 Å². The maximum atomic E-state index is 12.9. The molecule has 4 aromatic rings. The van der Waals surface area contributed by atoms with Gasteiger partial charge in [-0.1, -0.05) is 42.5 Å². The van der Waals surface area contributed by atoms with Crippen molar-refractivity contribution in [1.82, 2.24) is 24.9 Å². The number of fused-ring (bicyclic) bond motifs is 1. The minimum absolute atomic E-state index is 0.0799. The van der Waals surface area contributed by atoms with E-state index in [1.807, 2.05) is 67.6 Å². The summed E-state index contributed by atoms with van der Waals surface area (Å²) in [4.78, 5) is 21.3. The van der Waals surface area contributed by atoms with Gasteiger partial charge in [-0.2, -0.15) is 4.98 Å². The van der Waals surface area contributed by atoms with Gasteiger partial charge in [0, 0.05) is 11.9 Å². The number of hydrogen-bond acceptors (Lipinski definition) is 5. The first-order chi connectivity index (χ1) is 13.7. The molecule has 7 heteroatoms. The van der Waals surface area contributed by atoms with Gasteiger partial charge in [0.05, 0.1) is 13.2 Å². The predicted molar refractivity (Wildman–Crippen MR) is 104 cm³/mol. The van der Waals surface area contributed by atoms with Gasteiger partial charge in [-0.15, -0.1) is 5.10 Å². The average Bonchev–Trinajstić information content (AvgIpc) is 3.19. The molecule has 0 saturated carbocycles. The molecule has 0 radical (unpaired) electrons. The van der Waals surface area contributed by atoms with Crippen molar-refractivity contribution in [3.05, 3.63) is 89.5 Å². The number of hydrogen-bond donors (Lipinski definition) is 1. The zero-order chi connectivity index (χ0) is 19.5. The van der Waals surface area contributed by atoms with Crippen molar-refractivity contribution in [2.75, 3.05) is 7.11 Å². The highest BCUT2D eigenvalue weighted by Crippen LogP contribution is 2.24. The minimum atomic E-state index is -0.366. The number of carbonyl (C=O) groups is 1. The molecule has 1 unspecified atom stereocenters. The number of aryl methyl sites for hydroxylation is 1. The summed E-state index contributed by atoms with van der Waals surface area (Å²) in [5.41, 5.74) is 2.74. The number of nitrogens with zero attached hydrogens (tertiary/aromatic N) is 4. The lowest BCUT2D eigenvalue weighted by atomic mass is 9.98. The number of ether oxygens (including phenoxy) is 1. The third kappa shape index (κ3) is 3.42. The zero-order valence-electron chi connectivity index (χ0n) is 15.5. The highest BCUT2D eigenvalue weighted by molar-refractivity contribution is 5.91. The van der Waals surface area contributed by atoms with Crippen LogP contribution in [0.1, 0.15) is 33.5 Å². The third-order valence-corrected chi connectivity index (χ3v) is 4.49. The summed E-state index contributed by atoms with van der Waals surface area (Å²) >= 11 is 0. The molecule has 1 amide bonds. The Morgan fingerprint density at radius 3 is 2.43 bits per heavy atom. The van der Waals surface area contributed by atoms with Gasteiger partial charge < -0.3 is 10.1 Å². The molecule has 1 atom stereocenters. The molecule has 0 saturated heterocycles. The Kier molecular flexibility index (Phi) is 4.72. The molecular formula is C21H19N5O2. The predicted octanol–water partition coefficient (Wildman–Crippen LogP) is 2.96. The number of amides is 1. The Bertz CT molecular complexity index is 1110. The fourth-order valence-corrected chi connectivity index (χ4v) is 3.00. The first-order valence-corrected chi connectivity index (χ1v) is 8.84. The number of benzene rings is 2. The van der Waals surface area contributed by atoms with E-state index in [1.54, 1.807) is 17.8 Å². The molecule has 0 aliphatic rings. The summed E-state index contributed by atoms with van der Waals surface area (Å²) < 4.78 is 6.79. The van der Waals surface area contributed by atoms with Crippen LogP contribution in [0, 0.1) is 6.92 Å². The van der Waals surface area contributed by atoms with Gasteiger partial charge in [0.2, 0.25) is 5.82 Å². The second-order valence-corrected chi connectivity index (χ2v) is 6.32. The standard InChI is InChI=1S/C21H19N5O2/c1-14-12-13-22-21-24-19(25-26(14)21)20(27)23-18(15-6-4-3-5-7-15)16-8-10-17(28-2)11-9-16/h3-13,18H,1-2H3,(H,23,27). The molecule has 4 rings (SSSR count). The average molecular weight is 373 g/mol. The molecule has 0 aliphatic carbocycles. The molecule has 140 valence electrons.